The standard InChI is InChI=1S/C33H31ClF7N5O/c1-6-16-8-7-9-19-23-25(34)30(4,43-28(42)47)13-22(35)31(23,5)27-20-15-45(29(2,3)26(20)44-46(27)24(16)19)14-17-10-11-18(32(36,37)38)12-21(17)33(39,40)41/h7-13H,6,14-15H2,1-5H3,(H3,42,43,47). The average molecular weight is 682 g/mol. The Labute approximate surface area is 271 Å². The molecule has 0 saturated heterocycles. The number of nitrogens with one attached hydrogen (secondary N) is 1. The molecular weight excluding hydrogens is 651 g/mol. The Hall–Kier alpha value is -3.84. The number of alkyl halides is 6. The lowest BCUT2D eigenvalue weighted by molar-refractivity contribution is -0.143. The van der Waals surface area contributed by atoms with Crippen LogP contribution in [0, 0.1) is 0 Å². The minimum absolute atomic E-state index is 0.0180. The number of benzene rings is 2. The molecule has 2 aromatic carbocycles. The van der Waals surface area contributed by atoms with Crippen molar-refractivity contribution in [3.05, 3.63) is 98.1 Å². The fraction of sp³-hybridized carbons (Fsp3) is 0.394. The van der Waals surface area contributed by atoms with Gasteiger partial charge in [0.2, 0.25) is 0 Å². The number of nitrogens with zero attached hydrogens (tertiary/aromatic N) is 3. The molecule has 2 unspecified atom stereocenters. The molecule has 3 N–H and O–H groups in total. The number of nitrogens with two attached hydrogens (primary N) is 1. The topological polar surface area (TPSA) is 76.2 Å². The molecule has 0 fully saturated rings. The number of primary amides is 1. The van der Waals surface area contributed by atoms with E-state index in [1.807, 2.05) is 19.1 Å². The van der Waals surface area contributed by atoms with E-state index in [2.05, 4.69) is 5.32 Å². The zero-order valence-corrected chi connectivity index (χ0v) is 26.8. The van der Waals surface area contributed by atoms with Gasteiger partial charge in [0.15, 0.2) is 0 Å². The first-order valence-corrected chi connectivity index (χ1v) is 15.2. The van der Waals surface area contributed by atoms with Gasteiger partial charge in [-0.05, 0) is 69.0 Å². The summed E-state index contributed by atoms with van der Waals surface area (Å²) in [6.07, 6.45) is -8.22. The molecule has 0 spiro atoms. The maximum atomic E-state index is 16.8. The summed E-state index contributed by atoms with van der Waals surface area (Å²) in [5, 5.41) is 7.64. The highest BCUT2D eigenvalue weighted by atomic mass is 35.5. The first-order valence-electron chi connectivity index (χ1n) is 14.8. The van der Waals surface area contributed by atoms with Crippen molar-refractivity contribution in [3.8, 4) is 5.69 Å². The van der Waals surface area contributed by atoms with Crippen LogP contribution in [-0.2, 0) is 42.8 Å². The maximum absolute atomic E-state index is 16.8. The van der Waals surface area contributed by atoms with Crippen molar-refractivity contribution in [1.82, 2.24) is 20.0 Å². The number of amides is 2. The fourth-order valence-electron chi connectivity index (χ4n) is 7.27. The average Bonchev–Trinajstić information content (AvgIpc) is 3.45. The second kappa shape index (κ2) is 10.3. The summed E-state index contributed by atoms with van der Waals surface area (Å²) in [7, 11) is 0. The summed E-state index contributed by atoms with van der Waals surface area (Å²) < 4.78 is 101. The highest BCUT2D eigenvalue weighted by Crippen LogP contribution is 2.59. The minimum Gasteiger partial charge on any atom is -0.352 e. The lowest BCUT2D eigenvalue weighted by atomic mass is 9.65. The summed E-state index contributed by atoms with van der Waals surface area (Å²) in [5.74, 6) is -0.650. The third kappa shape index (κ3) is 4.79. The number of carbonyl (C=O) groups excluding carboxylic acids is 1. The summed E-state index contributed by atoms with van der Waals surface area (Å²) in [6.45, 7) is 8.30. The highest BCUT2D eigenvalue weighted by molar-refractivity contribution is 6.35. The first kappa shape index (κ1) is 33.1. The van der Waals surface area contributed by atoms with E-state index in [0.29, 0.717) is 46.3 Å². The maximum Gasteiger partial charge on any atom is 0.416 e. The van der Waals surface area contributed by atoms with Crippen LogP contribution >= 0.6 is 11.6 Å². The molecule has 3 aromatic rings. The third-order valence-electron chi connectivity index (χ3n) is 9.71. The van der Waals surface area contributed by atoms with Gasteiger partial charge in [-0.3, -0.25) is 4.90 Å². The van der Waals surface area contributed by atoms with Crippen molar-refractivity contribution in [2.75, 3.05) is 0 Å². The monoisotopic (exact) mass is 681 g/mol. The molecule has 1 aromatic heterocycles. The molecule has 0 saturated carbocycles. The van der Waals surface area contributed by atoms with E-state index < -0.39 is 51.8 Å². The van der Waals surface area contributed by atoms with Crippen molar-refractivity contribution in [2.45, 2.75) is 83.0 Å². The van der Waals surface area contributed by atoms with Gasteiger partial charge in [0.1, 0.15) is 5.83 Å². The summed E-state index contributed by atoms with van der Waals surface area (Å²) in [6, 6.07) is 6.23. The number of para-hydroxylation sites is 1. The van der Waals surface area contributed by atoms with Crippen molar-refractivity contribution in [3.63, 3.8) is 0 Å². The molecule has 3 heterocycles. The predicted octanol–water partition coefficient (Wildman–Crippen LogP) is 8.24. The summed E-state index contributed by atoms with van der Waals surface area (Å²) in [5.41, 5.74) is 2.26. The van der Waals surface area contributed by atoms with E-state index in [4.69, 9.17) is 22.4 Å². The van der Waals surface area contributed by atoms with Gasteiger partial charge in [-0.1, -0.05) is 42.8 Å². The molecule has 250 valence electrons. The van der Waals surface area contributed by atoms with Crippen LogP contribution in [0.4, 0.5) is 35.5 Å². The van der Waals surface area contributed by atoms with Crippen molar-refractivity contribution >= 4 is 23.2 Å². The van der Waals surface area contributed by atoms with Gasteiger partial charge < -0.3 is 11.1 Å². The number of halogens is 8. The van der Waals surface area contributed by atoms with Crippen LogP contribution in [0.15, 0.2) is 53.3 Å². The van der Waals surface area contributed by atoms with Crippen LogP contribution < -0.4 is 11.1 Å². The smallest absolute Gasteiger partial charge is 0.352 e. The summed E-state index contributed by atoms with van der Waals surface area (Å²) >= 11 is 7.07. The molecule has 1 aliphatic carbocycles. The SMILES string of the molecule is CCc1cccc2c1-n1nc3c(c1C1(C)C(F)=CC(C)(NC(N)=O)C(Cl)=C21)CN(Cc1ccc(C(F)(F)F)cc1C(F)(F)F)C3(C)C. The van der Waals surface area contributed by atoms with Crippen LogP contribution in [0.2, 0.25) is 0 Å². The highest BCUT2D eigenvalue weighted by Gasteiger charge is 2.56. The summed E-state index contributed by atoms with van der Waals surface area (Å²) in [4.78, 5) is 13.6. The van der Waals surface area contributed by atoms with Crippen molar-refractivity contribution < 1.29 is 35.5 Å². The number of carbonyl (C=O) groups is 1. The van der Waals surface area contributed by atoms with Crippen LogP contribution in [0.5, 0.6) is 0 Å². The number of allylic oxidation sites excluding steroid dienone is 2. The van der Waals surface area contributed by atoms with Gasteiger partial charge in [0.25, 0.3) is 0 Å². The molecule has 2 amide bonds. The molecule has 47 heavy (non-hydrogen) atoms. The van der Waals surface area contributed by atoms with E-state index in [-0.39, 0.29) is 29.8 Å². The van der Waals surface area contributed by atoms with Crippen LogP contribution in [0.1, 0.15) is 79.4 Å². The third-order valence-corrected chi connectivity index (χ3v) is 10.3. The zero-order chi connectivity index (χ0) is 34.6. The lowest BCUT2D eigenvalue weighted by Crippen LogP contribution is -2.52. The van der Waals surface area contributed by atoms with Gasteiger partial charge in [0, 0.05) is 24.2 Å². The van der Waals surface area contributed by atoms with E-state index in [1.54, 1.807) is 36.4 Å². The number of hydrogen-bond acceptors (Lipinski definition) is 3. The Morgan fingerprint density at radius 2 is 1.72 bits per heavy atom. The number of urea groups is 1. The zero-order valence-electron chi connectivity index (χ0n) is 26.0. The second-order valence-corrected chi connectivity index (χ2v) is 13.4. The number of aromatic nitrogens is 2. The van der Waals surface area contributed by atoms with Gasteiger partial charge in [0.05, 0.1) is 49.7 Å². The molecule has 6 rings (SSSR count). The second-order valence-electron chi connectivity index (χ2n) is 13.0. The minimum atomic E-state index is -5.04. The number of fused-ring (bicyclic) bond motifs is 8. The lowest BCUT2D eigenvalue weighted by Gasteiger charge is -2.45. The molecule has 6 nitrogen and oxygen atoms in total. The van der Waals surface area contributed by atoms with Gasteiger partial charge in [-0.2, -0.15) is 31.4 Å². The molecular formula is C33H31ClF7N5O. The van der Waals surface area contributed by atoms with E-state index in [0.717, 1.165) is 11.6 Å². The number of hydrogen-bond donors (Lipinski definition) is 2. The van der Waals surface area contributed by atoms with E-state index >= 15 is 4.39 Å². The Morgan fingerprint density at radius 3 is 2.32 bits per heavy atom. The molecule has 14 heteroatoms. The van der Waals surface area contributed by atoms with Gasteiger partial charge in [-0.25, -0.2) is 13.9 Å². The van der Waals surface area contributed by atoms with Crippen LogP contribution in [-0.4, -0.2) is 26.3 Å². The van der Waals surface area contributed by atoms with Crippen molar-refractivity contribution in [2.24, 2.45) is 5.73 Å². The molecule has 0 radical (unpaired) electrons. The number of rotatable bonds is 4. The Morgan fingerprint density at radius 1 is 1.04 bits per heavy atom. The van der Waals surface area contributed by atoms with Gasteiger partial charge >= 0.3 is 18.4 Å². The molecule has 2 aliphatic heterocycles. The molecule has 2 atom stereocenters. The number of aryl methyl sites for hydroxylation is 1. The van der Waals surface area contributed by atoms with E-state index in [9.17, 15) is 31.1 Å². The molecule has 3 aliphatic rings. The fourth-order valence-corrected chi connectivity index (χ4v) is 7.67. The van der Waals surface area contributed by atoms with Crippen molar-refractivity contribution in [1.29, 1.82) is 0 Å². The normalized spacial score (nSPS) is 23.6. The van der Waals surface area contributed by atoms with Gasteiger partial charge in [-0.15, -0.1) is 0 Å². The van der Waals surface area contributed by atoms with E-state index in [1.165, 1.54) is 13.0 Å². The van der Waals surface area contributed by atoms with Crippen LogP contribution in [0.3, 0.4) is 0 Å². The Bertz CT molecular complexity index is 1910. The largest absolute Gasteiger partial charge is 0.416 e. The molecule has 0 bridgehead atoms. The Kier molecular flexibility index (Phi) is 7.27. The quantitative estimate of drug-likeness (QED) is 0.273. The Balaban J connectivity index is 1.55. The van der Waals surface area contributed by atoms with Crippen LogP contribution in [0.25, 0.3) is 11.3 Å². The first-order chi connectivity index (χ1) is 21.7. The predicted molar refractivity (Wildman–Crippen MR) is 162 cm³/mol.